The monoisotopic (exact) mass is 307 g/mol. The molecule has 5 heteroatoms. The normalized spacial score (nSPS) is 22.4. The molecule has 1 aromatic carbocycles. The molecule has 2 aromatic rings. The number of aliphatic hydroxyl groups excluding tert-OH is 1. The van der Waals surface area contributed by atoms with E-state index in [-0.39, 0.29) is 18.1 Å². The highest BCUT2D eigenvalue weighted by atomic mass is 35.5. The van der Waals surface area contributed by atoms with Crippen LogP contribution in [0.2, 0.25) is 5.02 Å². The SMILES string of the molecule is Cc1c(C(=O)NC2CCC(O)CC2)oc2c(Cl)cccc12. The van der Waals surface area contributed by atoms with Crippen molar-refractivity contribution in [2.75, 3.05) is 0 Å². The van der Waals surface area contributed by atoms with Gasteiger partial charge in [0.1, 0.15) is 0 Å². The molecule has 0 spiro atoms. The highest BCUT2D eigenvalue weighted by molar-refractivity contribution is 6.35. The van der Waals surface area contributed by atoms with Crippen molar-refractivity contribution in [2.45, 2.75) is 44.8 Å². The van der Waals surface area contributed by atoms with Crippen LogP contribution < -0.4 is 5.32 Å². The number of aliphatic hydroxyl groups is 1. The van der Waals surface area contributed by atoms with Gasteiger partial charge in [-0.15, -0.1) is 0 Å². The second kappa shape index (κ2) is 5.70. The van der Waals surface area contributed by atoms with E-state index in [1.54, 1.807) is 6.07 Å². The molecule has 0 unspecified atom stereocenters. The van der Waals surface area contributed by atoms with E-state index in [2.05, 4.69) is 5.32 Å². The van der Waals surface area contributed by atoms with Crippen molar-refractivity contribution in [2.24, 2.45) is 0 Å². The van der Waals surface area contributed by atoms with E-state index in [0.29, 0.717) is 16.4 Å². The number of hydrogen-bond acceptors (Lipinski definition) is 3. The molecular formula is C16H18ClNO3. The number of hydrogen-bond donors (Lipinski definition) is 2. The average molecular weight is 308 g/mol. The Morgan fingerprint density at radius 3 is 2.71 bits per heavy atom. The molecule has 1 heterocycles. The molecule has 1 saturated carbocycles. The van der Waals surface area contributed by atoms with E-state index in [0.717, 1.165) is 36.6 Å². The van der Waals surface area contributed by atoms with Crippen molar-refractivity contribution in [3.8, 4) is 0 Å². The van der Waals surface area contributed by atoms with E-state index in [9.17, 15) is 9.90 Å². The summed E-state index contributed by atoms with van der Waals surface area (Å²) in [7, 11) is 0. The van der Waals surface area contributed by atoms with E-state index >= 15 is 0 Å². The van der Waals surface area contributed by atoms with Crippen LogP contribution in [-0.4, -0.2) is 23.2 Å². The first-order valence-electron chi connectivity index (χ1n) is 7.23. The smallest absolute Gasteiger partial charge is 0.287 e. The third-order valence-electron chi connectivity index (χ3n) is 4.15. The molecule has 1 amide bonds. The van der Waals surface area contributed by atoms with Crippen LogP contribution in [0.3, 0.4) is 0 Å². The summed E-state index contributed by atoms with van der Waals surface area (Å²) < 4.78 is 5.66. The van der Waals surface area contributed by atoms with Gasteiger partial charge in [-0.25, -0.2) is 0 Å². The van der Waals surface area contributed by atoms with Crippen LogP contribution in [0.4, 0.5) is 0 Å². The van der Waals surface area contributed by atoms with Crippen molar-refractivity contribution in [3.63, 3.8) is 0 Å². The van der Waals surface area contributed by atoms with Gasteiger partial charge < -0.3 is 14.8 Å². The molecule has 112 valence electrons. The first-order chi connectivity index (χ1) is 10.1. The zero-order valence-electron chi connectivity index (χ0n) is 11.9. The summed E-state index contributed by atoms with van der Waals surface area (Å²) in [5, 5.41) is 13.9. The lowest BCUT2D eigenvalue weighted by molar-refractivity contribution is 0.0844. The van der Waals surface area contributed by atoms with Gasteiger partial charge in [0.25, 0.3) is 5.91 Å². The number of benzene rings is 1. The minimum absolute atomic E-state index is 0.101. The lowest BCUT2D eigenvalue weighted by atomic mass is 9.93. The highest BCUT2D eigenvalue weighted by Gasteiger charge is 2.24. The molecule has 0 bridgehead atoms. The Morgan fingerprint density at radius 2 is 2.05 bits per heavy atom. The van der Waals surface area contributed by atoms with Crippen LogP contribution in [0.25, 0.3) is 11.0 Å². The number of para-hydroxylation sites is 1. The number of carbonyl (C=O) groups excluding carboxylic acids is 1. The highest BCUT2D eigenvalue weighted by Crippen LogP contribution is 2.31. The second-order valence-corrected chi connectivity index (χ2v) is 6.06. The minimum atomic E-state index is -0.232. The molecule has 21 heavy (non-hydrogen) atoms. The summed E-state index contributed by atoms with van der Waals surface area (Å²) in [6, 6.07) is 5.59. The average Bonchev–Trinajstić information content (AvgIpc) is 2.81. The molecule has 0 atom stereocenters. The lowest BCUT2D eigenvalue weighted by Crippen LogP contribution is -2.38. The number of carbonyl (C=O) groups is 1. The molecule has 1 aliphatic carbocycles. The summed E-state index contributed by atoms with van der Waals surface area (Å²) in [6.07, 6.45) is 2.83. The van der Waals surface area contributed by atoms with E-state index in [1.807, 2.05) is 19.1 Å². The molecule has 1 aliphatic rings. The Hall–Kier alpha value is -1.52. The van der Waals surface area contributed by atoms with Crippen molar-refractivity contribution in [3.05, 3.63) is 34.5 Å². The van der Waals surface area contributed by atoms with Crippen molar-refractivity contribution < 1.29 is 14.3 Å². The zero-order chi connectivity index (χ0) is 15.0. The molecule has 1 aromatic heterocycles. The Kier molecular flexibility index (Phi) is 3.91. The predicted octanol–water partition coefficient (Wildman–Crippen LogP) is 3.43. The van der Waals surface area contributed by atoms with Gasteiger partial charge in [-0.2, -0.15) is 0 Å². The van der Waals surface area contributed by atoms with Gasteiger partial charge in [-0.05, 0) is 38.7 Å². The fourth-order valence-corrected chi connectivity index (χ4v) is 3.11. The number of nitrogens with one attached hydrogen (secondary N) is 1. The van der Waals surface area contributed by atoms with Crippen LogP contribution in [0.15, 0.2) is 22.6 Å². The molecule has 2 N–H and O–H groups in total. The van der Waals surface area contributed by atoms with Crippen molar-refractivity contribution in [1.82, 2.24) is 5.32 Å². The fraction of sp³-hybridized carbons (Fsp3) is 0.438. The van der Waals surface area contributed by atoms with Gasteiger partial charge in [0.15, 0.2) is 11.3 Å². The largest absolute Gasteiger partial charge is 0.449 e. The standard InChI is InChI=1S/C16H18ClNO3/c1-9-12-3-2-4-13(17)15(12)21-14(9)16(20)18-10-5-7-11(19)8-6-10/h2-4,10-11,19H,5-8H2,1H3,(H,18,20). The Balaban J connectivity index is 1.82. The second-order valence-electron chi connectivity index (χ2n) is 5.65. The maximum atomic E-state index is 12.4. The Bertz CT molecular complexity index is 671. The maximum absolute atomic E-state index is 12.4. The topological polar surface area (TPSA) is 62.5 Å². The van der Waals surface area contributed by atoms with Gasteiger partial charge in [-0.1, -0.05) is 23.7 Å². The number of halogens is 1. The van der Waals surface area contributed by atoms with Crippen LogP contribution in [-0.2, 0) is 0 Å². The molecule has 3 rings (SSSR count). The van der Waals surface area contributed by atoms with Crippen LogP contribution in [0, 0.1) is 6.92 Å². The molecule has 0 saturated heterocycles. The first-order valence-corrected chi connectivity index (χ1v) is 7.60. The van der Waals surface area contributed by atoms with Gasteiger partial charge in [0.2, 0.25) is 0 Å². The third-order valence-corrected chi connectivity index (χ3v) is 4.45. The summed E-state index contributed by atoms with van der Waals surface area (Å²) in [4.78, 5) is 12.4. The number of aryl methyl sites for hydroxylation is 1. The molecule has 4 nitrogen and oxygen atoms in total. The molecule has 0 radical (unpaired) electrons. The van der Waals surface area contributed by atoms with E-state index < -0.39 is 0 Å². The third kappa shape index (κ3) is 2.78. The minimum Gasteiger partial charge on any atom is -0.449 e. The molecule has 0 aliphatic heterocycles. The van der Waals surface area contributed by atoms with Gasteiger partial charge in [-0.3, -0.25) is 4.79 Å². The van der Waals surface area contributed by atoms with E-state index in [1.165, 1.54) is 0 Å². The number of rotatable bonds is 2. The summed E-state index contributed by atoms with van der Waals surface area (Å²) >= 11 is 6.10. The lowest BCUT2D eigenvalue weighted by Gasteiger charge is -2.25. The zero-order valence-corrected chi connectivity index (χ0v) is 12.6. The number of amides is 1. The first kappa shape index (κ1) is 14.4. The van der Waals surface area contributed by atoms with Crippen molar-refractivity contribution >= 4 is 28.5 Å². The molecular weight excluding hydrogens is 290 g/mol. The van der Waals surface area contributed by atoms with Gasteiger partial charge in [0, 0.05) is 17.0 Å². The summed E-state index contributed by atoms with van der Waals surface area (Å²) in [6.45, 7) is 1.86. The predicted molar refractivity (Wildman–Crippen MR) is 81.7 cm³/mol. The van der Waals surface area contributed by atoms with Crippen molar-refractivity contribution in [1.29, 1.82) is 0 Å². The molecule has 1 fully saturated rings. The Morgan fingerprint density at radius 1 is 1.33 bits per heavy atom. The fourth-order valence-electron chi connectivity index (χ4n) is 2.90. The number of furan rings is 1. The number of fused-ring (bicyclic) bond motifs is 1. The Labute approximate surface area is 128 Å². The van der Waals surface area contributed by atoms with Gasteiger partial charge >= 0.3 is 0 Å². The summed E-state index contributed by atoms with van der Waals surface area (Å²) in [5.41, 5.74) is 1.36. The van der Waals surface area contributed by atoms with Gasteiger partial charge in [0.05, 0.1) is 11.1 Å². The van der Waals surface area contributed by atoms with Crippen LogP contribution >= 0.6 is 11.6 Å². The van der Waals surface area contributed by atoms with Crippen LogP contribution in [0.1, 0.15) is 41.8 Å². The summed E-state index contributed by atoms with van der Waals surface area (Å²) in [5.74, 6) is 0.116. The maximum Gasteiger partial charge on any atom is 0.287 e. The quantitative estimate of drug-likeness (QED) is 0.893. The van der Waals surface area contributed by atoms with Crippen LogP contribution in [0.5, 0.6) is 0 Å². The van der Waals surface area contributed by atoms with E-state index in [4.69, 9.17) is 16.0 Å².